The highest BCUT2D eigenvalue weighted by molar-refractivity contribution is 5.84. The van der Waals surface area contributed by atoms with Gasteiger partial charge in [-0.15, -0.1) is 0 Å². The Bertz CT molecular complexity index is 494. The van der Waals surface area contributed by atoms with Crippen LogP contribution < -0.4 is 4.74 Å². The lowest BCUT2D eigenvalue weighted by atomic mass is 9.66. The van der Waals surface area contributed by atoms with Crippen LogP contribution in [0.1, 0.15) is 45.1 Å². The molecule has 1 unspecified atom stereocenters. The fourth-order valence-corrected chi connectivity index (χ4v) is 3.25. The van der Waals surface area contributed by atoms with Crippen molar-refractivity contribution in [2.75, 3.05) is 7.11 Å². The number of carbonyl (C=O) groups is 1. The van der Waals surface area contributed by atoms with Gasteiger partial charge in [-0.05, 0) is 29.9 Å². The Morgan fingerprint density at radius 2 is 2.15 bits per heavy atom. The summed E-state index contributed by atoms with van der Waals surface area (Å²) in [7, 11) is 1.44. The normalized spacial score (nSPS) is 21.5. The highest BCUT2D eigenvalue weighted by atomic mass is 19.1. The monoisotopic (exact) mass is 278 g/mol. The van der Waals surface area contributed by atoms with E-state index in [-0.39, 0.29) is 29.3 Å². The van der Waals surface area contributed by atoms with Gasteiger partial charge in [0.05, 0.1) is 7.11 Å². The maximum Gasteiger partial charge on any atom is 0.168 e. The molecule has 0 spiro atoms. The number of methoxy groups -OCH3 is 1. The van der Waals surface area contributed by atoms with Crippen LogP contribution in [-0.4, -0.2) is 12.9 Å². The third-order valence-electron chi connectivity index (χ3n) is 4.52. The topological polar surface area (TPSA) is 26.3 Å². The van der Waals surface area contributed by atoms with E-state index >= 15 is 0 Å². The average Bonchev–Trinajstić information content (AvgIpc) is 2.40. The van der Waals surface area contributed by atoms with Crippen molar-refractivity contribution < 1.29 is 13.9 Å². The third kappa shape index (κ3) is 3.02. The Kier molecular flexibility index (Phi) is 4.46. The Morgan fingerprint density at radius 3 is 2.80 bits per heavy atom. The molecule has 1 fully saturated rings. The zero-order chi connectivity index (χ0) is 14.8. The lowest BCUT2D eigenvalue weighted by molar-refractivity contribution is -0.127. The molecule has 110 valence electrons. The molecular weight excluding hydrogens is 255 g/mol. The number of ketones is 1. The Labute approximate surface area is 120 Å². The van der Waals surface area contributed by atoms with Crippen LogP contribution in [0.25, 0.3) is 0 Å². The SMILES string of the molecule is COc1cccc(CC(=O)C2CCCCC2(C)C)c1F. The second kappa shape index (κ2) is 5.94. The van der Waals surface area contributed by atoms with Gasteiger partial charge in [0.2, 0.25) is 0 Å². The van der Waals surface area contributed by atoms with Gasteiger partial charge in [-0.1, -0.05) is 38.8 Å². The molecule has 2 nitrogen and oxygen atoms in total. The Balaban J connectivity index is 2.15. The fraction of sp³-hybridized carbons (Fsp3) is 0.588. The maximum absolute atomic E-state index is 14.1. The van der Waals surface area contributed by atoms with E-state index < -0.39 is 5.82 Å². The van der Waals surface area contributed by atoms with E-state index in [9.17, 15) is 9.18 Å². The first-order chi connectivity index (χ1) is 9.45. The summed E-state index contributed by atoms with van der Waals surface area (Å²) in [6.07, 6.45) is 4.45. The van der Waals surface area contributed by atoms with Gasteiger partial charge in [-0.2, -0.15) is 0 Å². The van der Waals surface area contributed by atoms with Gasteiger partial charge >= 0.3 is 0 Å². The second-order valence-corrected chi connectivity index (χ2v) is 6.36. The average molecular weight is 278 g/mol. The van der Waals surface area contributed by atoms with E-state index in [1.807, 2.05) is 0 Å². The van der Waals surface area contributed by atoms with E-state index in [4.69, 9.17) is 4.74 Å². The quantitative estimate of drug-likeness (QED) is 0.826. The van der Waals surface area contributed by atoms with Gasteiger partial charge in [-0.3, -0.25) is 4.79 Å². The van der Waals surface area contributed by atoms with Crippen molar-refractivity contribution in [1.82, 2.24) is 0 Å². The largest absolute Gasteiger partial charge is 0.494 e. The molecule has 1 aliphatic carbocycles. The zero-order valence-corrected chi connectivity index (χ0v) is 12.5. The summed E-state index contributed by atoms with van der Waals surface area (Å²) in [6, 6.07) is 4.98. The number of benzene rings is 1. The predicted octanol–water partition coefficient (Wildman–Crippen LogP) is 4.16. The highest BCUT2D eigenvalue weighted by Crippen LogP contribution is 2.41. The lowest BCUT2D eigenvalue weighted by Crippen LogP contribution is -2.35. The molecule has 1 atom stereocenters. The number of ether oxygens (including phenoxy) is 1. The van der Waals surface area contributed by atoms with E-state index in [1.54, 1.807) is 18.2 Å². The maximum atomic E-state index is 14.1. The minimum Gasteiger partial charge on any atom is -0.494 e. The van der Waals surface area contributed by atoms with Crippen LogP contribution in [0.5, 0.6) is 5.75 Å². The lowest BCUT2D eigenvalue weighted by Gasteiger charge is -2.37. The molecule has 0 bridgehead atoms. The van der Waals surface area contributed by atoms with E-state index in [0.717, 1.165) is 19.3 Å². The van der Waals surface area contributed by atoms with Crippen molar-refractivity contribution in [2.45, 2.75) is 46.0 Å². The minimum absolute atomic E-state index is 0.0324. The van der Waals surface area contributed by atoms with Crippen molar-refractivity contribution in [3.05, 3.63) is 29.6 Å². The predicted molar refractivity (Wildman–Crippen MR) is 77.4 cm³/mol. The molecule has 1 aromatic rings. The van der Waals surface area contributed by atoms with Crippen LogP contribution >= 0.6 is 0 Å². The van der Waals surface area contributed by atoms with Crippen molar-refractivity contribution >= 4 is 5.78 Å². The van der Waals surface area contributed by atoms with Gasteiger partial charge in [0.25, 0.3) is 0 Å². The number of Topliss-reactive ketones (excluding diaryl/α,β-unsaturated/α-hetero) is 1. The van der Waals surface area contributed by atoms with Crippen molar-refractivity contribution in [3.63, 3.8) is 0 Å². The molecule has 0 N–H and O–H groups in total. The third-order valence-corrected chi connectivity index (χ3v) is 4.52. The van der Waals surface area contributed by atoms with Crippen molar-refractivity contribution in [2.24, 2.45) is 11.3 Å². The minimum atomic E-state index is -0.406. The molecule has 0 aromatic heterocycles. The molecule has 20 heavy (non-hydrogen) atoms. The van der Waals surface area contributed by atoms with Gasteiger partial charge in [0, 0.05) is 12.3 Å². The molecule has 3 heteroatoms. The first kappa shape index (κ1) is 15.0. The number of hydrogen-bond acceptors (Lipinski definition) is 2. The van der Waals surface area contributed by atoms with Gasteiger partial charge in [0.15, 0.2) is 11.6 Å². The number of halogens is 1. The van der Waals surface area contributed by atoms with Crippen LogP contribution in [0.15, 0.2) is 18.2 Å². The molecular formula is C17H23FO2. The number of rotatable bonds is 4. The first-order valence-electron chi connectivity index (χ1n) is 7.30. The van der Waals surface area contributed by atoms with Crippen LogP contribution in [-0.2, 0) is 11.2 Å². The van der Waals surface area contributed by atoms with Crippen molar-refractivity contribution in [3.8, 4) is 5.75 Å². The standard InChI is InChI=1S/C17H23FO2/c1-17(2)10-5-4-8-13(17)14(19)11-12-7-6-9-15(20-3)16(12)18/h6-7,9,13H,4-5,8,10-11H2,1-3H3. The van der Waals surface area contributed by atoms with Gasteiger partial charge in [0.1, 0.15) is 5.78 Å². The summed E-state index contributed by atoms with van der Waals surface area (Å²) in [4.78, 5) is 12.5. The molecule has 0 heterocycles. The molecule has 0 aliphatic heterocycles. The van der Waals surface area contributed by atoms with E-state index in [2.05, 4.69) is 13.8 Å². The molecule has 0 saturated heterocycles. The molecule has 1 aromatic carbocycles. The summed E-state index contributed by atoms with van der Waals surface area (Å²) in [5.74, 6) is -0.00104. The smallest absolute Gasteiger partial charge is 0.168 e. The van der Waals surface area contributed by atoms with E-state index in [1.165, 1.54) is 13.5 Å². The van der Waals surface area contributed by atoms with Crippen LogP contribution in [0, 0.1) is 17.2 Å². The summed E-state index contributed by atoms with van der Waals surface area (Å²) >= 11 is 0. The summed E-state index contributed by atoms with van der Waals surface area (Å²) in [5, 5.41) is 0. The molecule has 0 amide bonds. The zero-order valence-electron chi connectivity index (χ0n) is 12.5. The highest BCUT2D eigenvalue weighted by Gasteiger charge is 2.36. The summed E-state index contributed by atoms with van der Waals surface area (Å²) in [6.45, 7) is 4.30. The Hall–Kier alpha value is -1.38. The number of hydrogen-bond donors (Lipinski definition) is 0. The van der Waals surface area contributed by atoms with Gasteiger partial charge < -0.3 is 4.74 Å². The van der Waals surface area contributed by atoms with Crippen LogP contribution in [0.3, 0.4) is 0 Å². The molecule has 2 rings (SSSR count). The number of carbonyl (C=O) groups excluding carboxylic acids is 1. The molecule has 1 saturated carbocycles. The van der Waals surface area contributed by atoms with Crippen LogP contribution in [0.2, 0.25) is 0 Å². The fourth-order valence-electron chi connectivity index (χ4n) is 3.25. The van der Waals surface area contributed by atoms with Gasteiger partial charge in [-0.25, -0.2) is 4.39 Å². The molecule has 1 aliphatic rings. The first-order valence-corrected chi connectivity index (χ1v) is 7.30. The van der Waals surface area contributed by atoms with E-state index in [0.29, 0.717) is 5.56 Å². The Morgan fingerprint density at radius 1 is 1.40 bits per heavy atom. The van der Waals surface area contributed by atoms with Crippen molar-refractivity contribution in [1.29, 1.82) is 0 Å². The second-order valence-electron chi connectivity index (χ2n) is 6.36. The molecule has 0 radical (unpaired) electrons. The summed E-state index contributed by atoms with van der Waals surface area (Å²) in [5.41, 5.74) is 0.473. The van der Waals surface area contributed by atoms with Crippen LogP contribution in [0.4, 0.5) is 4.39 Å². The summed E-state index contributed by atoms with van der Waals surface area (Å²) < 4.78 is 19.1.